The van der Waals surface area contributed by atoms with Gasteiger partial charge in [0.25, 0.3) is 0 Å². The van der Waals surface area contributed by atoms with Gasteiger partial charge in [-0.2, -0.15) is 5.26 Å². The molecule has 0 unspecified atom stereocenters. The highest BCUT2D eigenvalue weighted by Crippen LogP contribution is 2.38. The van der Waals surface area contributed by atoms with E-state index in [0.717, 1.165) is 25.9 Å². The molecular formula is C29H23ClIN3O3S. The number of ether oxygens (including phenoxy) is 2. The molecule has 3 aromatic carbocycles. The van der Waals surface area contributed by atoms with E-state index in [1.54, 1.807) is 32.4 Å². The maximum absolute atomic E-state index is 12.8. The lowest BCUT2D eigenvalue weighted by molar-refractivity contribution is -0.113. The zero-order valence-electron chi connectivity index (χ0n) is 20.8. The molecule has 0 saturated carbocycles. The Bertz CT molecular complexity index is 1540. The van der Waals surface area contributed by atoms with Crippen molar-refractivity contribution in [1.82, 2.24) is 4.98 Å². The maximum Gasteiger partial charge on any atom is 0.234 e. The summed E-state index contributed by atoms with van der Waals surface area (Å²) in [6.07, 6.45) is 0. The first-order chi connectivity index (χ1) is 18.3. The summed E-state index contributed by atoms with van der Waals surface area (Å²) in [5.41, 5.74) is 5.03. The molecule has 6 nitrogen and oxygen atoms in total. The van der Waals surface area contributed by atoms with E-state index in [1.807, 2.05) is 55.5 Å². The number of aromatic nitrogens is 1. The number of carbonyl (C=O) groups is 1. The molecule has 1 heterocycles. The standard InChI is InChI=1S/C29H23ClIN3O3S/c1-17-12-21(31)9-10-24(17)33-28(35)16-38-29-23(15-32)22(19-6-11-26(36-2)27(13-19)37-3)14-25(34-29)18-4-7-20(30)8-5-18/h4-14H,16H2,1-3H3,(H,33,35). The number of nitriles is 1. The van der Waals surface area contributed by atoms with Crippen molar-refractivity contribution in [3.05, 3.63) is 86.4 Å². The number of carbonyl (C=O) groups excluding carboxylic acids is 1. The first-order valence-corrected chi connectivity index (χ1v) is 13.9. The smallest absolute Gasteiger partial charge is 0.234 e. The highest BCUT2D eigenvalue weighted by Gasteiger charge is 2.19. The van der Waals surface area contributed by atoms with Gasteiger partial charge in [-0.3, -0.25) is 4.79 Å². The molecule has 1 aromatic heterocycles. The lowest BCUT2D eigenvalue weighted by Gasteiger charge is -2.15. The first-order valence-electron chi connectivity index (χ1n) is 11.4. The quantitative estimate of drug-likeness (QED) is 0.156. The van der Waals surface area contributed by atoms with Crippen molar-refractivity contribution < 1.29 is 14.3 Å². The second-order valence-corrected chi connectivity index (χ2v) is 10.9. The van der Waals surface area contributed by atoms with Crippen LogP contribution in [0, 0.1) is 21.8 Å². The number of pyridine rings is 1. The van der Waals surface area contributed by atoms with Crippen molar-refractivity contribution in [3.63, 3.8) is 0 Å². The van der Waals surface area contributed by atoms with Crippen LogP contribution in [-0.2, 0) is 4.79 Å². The number of hydrogen-bond acceptors (Lipinski definition) is 6. The third-order valence-corrected chi connectivity index (χ3v) is 7.63. The average molecular weight is 656 g/mol. The van der Waals surface area contributed by atoms with Crippen molar-refractivity contribution in [2.24, 2.45) is 0 Å². The highest BCUT2D eigenvalue weighted by atomic mass is 127. The molecule has 0 aliphatic rings. The second-order valence-electron chi connectivity index (χ2n) is 8.22. The number of methoxy groups -OCH3 is 2. The summed E-state index contributed by atoms with van der Waals surface area (Å²) >= 11 is 9.55. The predicted molar refractivity (Wildman–Crippen MR) is 161 cm³/mol. The summed E-state index contributed by atoms with van der Waals surface area (Å²) in [7, 11) is 3.13. The molecule has 1 amide bonds. The van der Waals surface area contributed by atoms with Crippen LogP contribution in [0.5, 0.6) is 11.5 Å². The van der Waals surface area contributed by atoms with Gasteiger partial charge < -0.3 is 14.8 Å². The van der Waals surface area contributed by atoms with E-state index in [0.29, 0.717) is 38.4 Å². The van der Waals surface area contributed by atoms with Crippen molar-refractivity contribution in [2.75, 3.05) is 25.3 Å². The van der Waals surface area contributed by atoms with Crippen LogP contribution in [0.4, 0.5) is 5.69 Å². The second kappa shape index (κ2) is 12.5. The van der Waals surface area contributed by atoms with Gasteiger partial charge >= 0.3 is 0 Å². The normalized spacial score (nSPS) is 10.5. The molecular weight excluding hydrogens is 633 g/mol. The van der Waals surface area contributed by atoms with Gasteiger partial charge in [-0.15, -0.1) is 0 Å². The lowest BCUT2D eigenvalue weighted by Crippen LogP contribution is -2.15. The minimum absolute atomic E-state index is 0.0859. The number of anilines is 1. The van der Waals surface area contributed by atoms with Gasteiger partial charge in [0, 0.05) is 25.4 Å². The Labute approximate surface area is 244 Å². The zero-order chi connectivity index (χ0) is 27.2. The number of nitrogens with one attached hydrogen (secondary N) is 1. The number of halogens is 2. The first kappa shape index (κ1) is 27.8. The van der Waals surface area contributed by atoms with E-state index in [1.165, 1.54) is 11.8 Å². The largest absolute Gasteiger partial charge is 0.493 e. The molecule has 0 atom stereocenters. The Morgan fingerprint density at radius 1 is 1.03 bits per heavy atom. The summed E-state index contributed by atoms with van der Waals surface area (Å²) < 4.78 is 12.0. The van der Waals surface area contributed by atoms with E-state index in [9.17, 15) is 10.1 Å². The molecule has 0 aliphatic carbocycles. The van der Waals surface area contributed by atoms with Gasteiger partial charge in [0.1, 0.15) is 11.1 Å². The number of benzene rings is 3. The fraction of sp³-hybridized carbons (Fsp3) is 0.138. The lowest BCUT2D eigenvalue weighted by atomic mass is 9.99. The minimum Gasteiger partial charge on any atom is -0.493 e. The molecule has 0 spiro atoms. The van der Waals surface area contributed by atoms with Crippen LogP contribution >= 0.6 is 46.0 Å². The van der Waals surface area contributed by atoms with E-state index in [2.05, 4.69) is 34.0 Å². The van der Waals surface area contributed by atoms with Crippen LogP contribution in [0.2, 0.25) is 5.02 Å². The Balaban J connectivity index is 1.73. The van der Waals surface area contributed by atoms with E-state index in [4.69, 9.17) is 26.1 Å². The number of aryl methyl sites for hydroxylation is 1. The fourth-order valence-corrected chi connectivity index (χ4v) is 5.40. The van der Waals surface area contributed by atoms with Crippen LogP contribution in [0.25, 0.3) is 22.4 Å². The molecule has 0 bridgehead atoms. The van der Waals surface area contributed by atoms with Crippen molar-refractivity contribution in [2.45, 2.75) is 11.9 Å². The SMILES string of the molecule is COc1ccc(-c2cc(-c3ccc(Cl)cc3)nc(SCC(=O)Nc3ccc(I)cc3C)c2C#N)cc1OC. The molecule has 9 heteroatoms. The topological polar surface area (TPSA) is 84.2 Å². The molecule has 0 radical (unpaired) electrons. The van der Waals surface area contributed by atoms with Gasteiger partial charge in [0.15, 0.2) is 11.5 Å². The molecule has 0 fully saturated rings. The Kier molecular flexibility index (Phi) is 9.15. The van der Waals surface area contributed by atoms with E-state index < -0.39 is 0 Å². The Hall–Kier alpha value is -3.26. The van der Waals surface area contributed by atoms with E-state index >= 15 is 0 Å². The Morgan fingerprint density at radius 3 is 2.39 bits per heavy atom. The maximum atomic E-state index is 12.8. The summed E-state index contributed by atoms with van der Waals surface area (Å²) in [5.74, 6) is 1.02. The molecule has 0 saturated heterocycles. The van der Waals surface area contributed by atoms with Gasteiger partial charge in [-0.05, 0) is 89.2 Å². The van der Waals surface area contributed by atoms with Crippen LogP contribution in [0.3, 0.4) is 0 Å². The monoisotopic (exact) mass is 655 g/mol. The summed E-state index contributed by atoms with van der Waals surface area (Å²) in [5, 5.41) is 14.2. The summed E-state index contributed by atoms with van der Waals surface area (Å²) in [6.45, 7) is 1.95. The number of hydrogen-bond donors (Lipinski definition) is 1. The molecule has 4 rings (SSSR count). The third kappa shape index (κ3) is 6.41. The molecule has 0 aliphatic heterocycles. The number of amides is 1. The number of rotatable bonds is 8. The predicted octanol–water partition coefficient (Wildman–Crippen LogP) is 7.60. The average Bonchev–Trinajstić information content (AvgIpc) is 2.92. The van der Waals surface area contributed by atoms with Crippen LogP contribution in [0.1, 0.15) is 11.1 Å². The van der Waals surface area contributed by atoms with Gasteiger partial charge in [0.2, 0.25) is 5.91 Å². The molecule has 1 N–H and O–H groups in total. The summed E-state index contributed by atoms with van der Waals surface area (Å²) in [6, 6.07) is 22.8. The van der Waals surface area contributed by atoms with Crippen LogP contribution in [0.15, 0.2) is 71.8 Å². The van der Waals surface area contributed by atoms with Crippen LogP contribution < -0.4 is 14.8 Å². The zero-order valence-corrected chi connectivity index (χ0v) is 24.6. The third-order valence-electron chi connectivity index (χ3n) is 5.74. The van der Waals surface area contributed by atoms with Crippen LogP contribution in [-0.4, -0.2) is 30.9 Å². The highest BCUT2D eigenvalue weighted by molar-refractivity contribution is 14.1. The Morgan fingerprint density at radius 2 is 1.74 bits per heavy atom. The minimum atomic E-state index is -0.186. The van der Waals surface area contributed by atoms with E-state index in [-0.39, 0.29) is 11.7 Å². The van der Waals surface area contributed by atoms with Crippen molar-refractivity contribution in [3.8, 4) is 40.0 Å². The number of nitrogens with zero attached hydrogens (tertiary/aromatic N) is 2. The van der Waals surface area contributed by atoms with Gasteiger partial charge in [-0.25, -0.2) is 4.98 Å². The van der Waals surface area contributed by atoms with Crippen molar-refractivity contribution in [1.29, 1.82) is 5.26 Å². The van der Waals surface area contributed by atoms with Gasteiger partial charge in [0.05, 0.1) is 31.2 Å². The molecule has 192 valence electrons. The van der Waals surface area contributed by atoms with Crippen molar-refractivity contribution >= 4 is 57.5 Å². The summed E-state index contributed by atoms with van der Waals surface area (Å²) in [4.78, 5) is 17.6. The van der Waals surface area contributed by atoms with Gasteiger partial charge in [-0.1, -0.05) is 41.6 Å². The number of thioether (sulfide) groups is 1. The molecule has 4 aromatic rings. The fourth-order valence-electron chi connectivity index (χ4n) is 3.82. The molecule has 38 heavy (non-hydrogen) atoms.